The molecule has 0 saturated heterocycles. The highest BCUT2D eigenvalue weighted by Crippen LogP contribution is 2.13. The molecule has 0 aliphatic heterocycles. The van der Waals surface area contributed by atoms with Gasteiger partial charge in [0.05, 0.1) is 0 Å². The van der Waals surface area contributed by atoms with E-state index in [1.165, 1.54) is 36.8 Å². The Balaban J connectivity index is 1.63. The molecule has 18 heavy (non-hydrogen) atoms. The molecule has 0 saturated carbocycles. The van der Waals surface area contributed by atoms with E-state index in [0.717, 1.165) is 6.42 Å². The summed E-state index contributed by atoms with van der Waals surface area (Å²) in [6.07, 6.45) is 6.01. The zero-order chi connectivity index (χ0) is 12.6. The van der Waals surface area contributed by atoms with Gasteiger partial charge in [-0.05, 0) is 48.9 Å². The predicted molar refractivity (Wildman–Crippen MR) is 75.8 cm³/mol. The van der Waals surface area contributed by atoms with Crippen LogP contribution < -0.4 is 0 Å². The molecule has 2 aromatic carbocycles. The van der Waals surface area contributed by atoms with E-state index in [9.17, 15) is 5.11 Å². The van der Waals surface area contributed by atoms with Gasteiger partial charge in [0.1, 0.15) is 5.75 Å². The molecule has 0 aromatic heterocycles. The predicted octanol–water partition coefficient (Wildman–Crippen LogP) is 4.35. The second-order valence-electron chi connectivity index (χ2n) is 4.71. The lowest BCUT2D eigenvalue weighted by Crippen LogP contribution is -1.88. The van der Waals surface area contributed by atoms with Crippen molar-refractivity contribution < 1.29 is 5.11 Å². The molecule has 0 bridgehead atoms. The smallest absolute Gasteiger partial charge is 0.115 e. The van der Waals surface area contributed by atoms with E-state index in [2.05, 4.69) is 30.3 Å². The van der Waals surface area contributed by atoms with Gasteiger partial charge < -0.3 is 5.11 Å². The molecule has 0 heterocycles. The molecule has 0 spiro atoms. The summed E-state index contributed by atoms with van der Waals surface area (Å²) in [5.74, 6) is 0.350. The summed E-state index contributed by atoms with van der Waals surface area (Å²) in [5, 5.41) is 9.19. The van der Waals surface area contributed by atoms with Crippen LogP contribution in [0.4, 0.5) is 0 Å². The maximum absolute atomic E-state index is 9.19. The molecule has 0 aliphatic carbocycles. The van der Waals surface area contributed by atoms with Crippen LogP contribution in [0.5, 0.6) is 5.75 Å². The highest BCUT2D eigenvalue weighted by atomic mass is 16.3. The van der Waals surface area contributed by atoms with Crippen molar-refractivity contribution >= 4 is 0 Å². The summed E-state index contributed by atoms with van der Waals surface area (Å²) in [4.78, 5) is 0. The average molecular weight is 240 g/mol. The van der Waals surface area contributed by atoms with Gasteiger partial charge in [0, 0.05) is 0 Å². The van der Waals surface area contributed by atoms with Crippen molar-refractivity contribution in [3.8, 4) is 5.75 Å². The quantitative estimate of drug-likeness (QED) is 0.744. The molecule has 1 heteroatoms. The van der Waals surface area contributed by atoms with Crippen molar-refractivity contribution in [3.63, 3.8) is 0 Å². The van der Waals surface area contributed by atoms with E-state index < -0.39 is 0 Å². The minimum atomic E-state index is 0.350. The number of hydrogen-bond donors (Lipinski definition) is 1. The lowest BCUT2D eigenvalue weighted by Gasteiger charge is -2.03. The second kappa shape index (κ2) is 6.85. The average Bonchev–Trinajstić information content (AvgIpc) is 2.42. The molecule has 1 nitrogen and oxygen atoms in total. The summed E-state index contributed by atoms with van der Waals surface area (Å²) < 4.78 is 0. The van der Waals surface area contributed by atoms with Crippen molar-refractivity contribution in [3.05, 3.63) is 65.7 Å². The summed E-state index contributed by atoms with van der Waals surface area (Å²) in [6, 6.07) is 18.2. The van der Waals surface area contributed by atoms with Crippen LogP contribution in [-0.2, 0) is 12.8 Å². The number of unbranched alkanes of at least 4 members (excludes halogenated alkanes) is 2. The van der Waals surface area contributed by atoms with Gasteiger partial charge in [-0.1, -0.05) is 48.9 Å². The van der Waals surface area contributed by atoms with Gasteiger partial charge in [-0.15, -0.1) is 0 Å². The van der Waals surface area contributed by atoms with Crippen LogP contribution in [-0.4, -0.2) is 5.11 Å². The molecule has 94 valence electrons. The minimum absolute atomic E-state index is 0.350. The van der Waals surface area contributed by atoms with Gasteiger partial charge >= 0.3 is 0 Å². The highest BCUT2D eigenvalue weighted by Gasteiger charge is 1.95. The van der Waals surface area contributed by atoms with Gasteiger partial charge in [-0.2, -0.15) is 0 Å². The Hall–Kier alpha value is -1.76. The summed E-state index contributed by atoms with van der Waals surface area (Å²) in [5.41, 5.74) is 2.75. The minimum Gasteiger partial charge on any atom is -0.508 e. The Bertz CT molecular complexity index is 445. The van der Waals surface area contributed by atoms with Gasteiger partial charge in [-0.25, -0.2) is 0 Å². The number of aromatic hydroxyl groups is 1. The van der Waals surface area contributed by atoms with E-state index in [1.807, 2.05) is 12.1 Å². The third-order valence-corrected chi connectivity index (χ3v) is 3.21. The summed E-state index contributed by atoms with van der Waals surface area (Å²) >= 11 is 0. The molecule has 0 unspecified atom stereocenters. The van der Waals surface area contributed by atoms with E-state index in [0.29, 0.717) is 5.75 Å². The molecule has 0 fully saturated rings. The van der Waals surface area contributed by atoms with E-state index in [1.54, 1.807) is 12.1 Å². The van der Waals surface area contributed by atoms with E-state index in [-0.39, 0.29) is 0 Å². The third-order valence-electron chi connectivity index (χ3n) is 3.21. The Morgan fingerprint density at radius 3 is 1.78 bits per heavy atom. The lowest BCUT2D eigenvalue weighted by molar-refractivity contribution is 0.475. The van der Waals surface area contributed by atoms with Crippen LogP contribution >= 0.6 is 0 Å². The molecular formula is C17H20O. The molecular weight excluding hydrogens is 220 g/mol. The van der Waals surface area contributed by atoms with Crippen molar-refractivity contribution in [1.82, 2.24) is 0 Å². The Labute approximate surface area is 109 Å². The van der Waals surface area contributed by atoms with Crippen molar-refractivity contribution in [2.75, 3.05) is 0 Å². The molecule has 0 aliphatic rings. The topological polar surface area (TPSA) is 20.2 Å². The standard InChI is InChI=1S/C17H20O/c18-17-13-11-16(12-14-17)10-6-2-5-9-15-7-3-1-4-8-15/h1,3-4,7-8,11-14,18H,2,5-6,9-10H2. The normalized spacial score (nSPS) is 10.4. The number of hydrogen-bond acceptors (Lipinski definition) is 1. The van der Waals surface area contributed by atoms with Crippen LogP contribution in [0, 0.1) is 0 Å². The van der Waals surface area contributed by atoms with Crippen molar-refractivity contribution in [1.29, 1.82) is 0 Å². The zero-order valence-corrected chi connectivity index (χ0v) is 10.7. The van der Waals surface area contributed by atoms with Crippen LogP contribution in [0.1, 0.15) is 30.4 Å². The molecule has 0 radical (unpaired) electrons. The lowest BCUT2D eigenvalue weighted by atomic mass is 10.0. The number of phenols is 1. The van der Waals surface area contributed by atoms with Gasteiger partial charge in [0.25, 0.3) is 0 Å². The first-order chi connectivity index (χ1) is 8.84. The number of aryl methyl sites for hydroxylation is 2. The fourth-order valence-electron chi connectivity index (χ4n) is 2.14. The number of phenolic OH excluding ortho intramolecular Hbond substituents is 1. The van der Waals surface area contributed by atoms with Crippen LogP contribution in [0.2, 0.25) is 0 Å². The van der Waals surface area contributed by atoms with E-state index in [4.69, 9.17) is 0 Å². The first-order valence-electron chi connectivity index (χ1n) is 6.66. The van der Waals surface area contributed by atoms with Gasteiger partial charge in [0.2, 0.25) is 0 Å². The number of benzene rings is 2. The summed E-state index contributed by atoms with van der Waals surface area (Å²) in [7, 11) is 0. The number of rotatable bonds is 6. The Morgan fingerprint density at radius 1 is 0.611 bits per heavy atom. The largest absolute Gasteiger partial charge is 0.508 e. The zero-order valence-electron chi connectivity index (χ0n) is 10.7. The first-order valence-corrected chi connectivity index (χ1v) is 6.66. The Kier molecular flexibility index (Phi) is 4.83. The third kappa shape index (κ3) is 4.25. The van der Waals surface area contributed by atoms with Crippen LogP contribution in [0.3, 0.4) is 0 Å². The molecule has 2 aromatic rings. The van der Waals surface area contributed by atoms with Gasteiger partial charge in [-0.3, -0.25) is 0 Å². The molecule has 0 atom stereocenters. The van der Waals surface area contributed by atoms with Crippen molar-refractivity contribution in [2.24, 2.45) is 0 Å². The van der Waals surface area contributed by atoms with E-state index >= 15 is 0 Å². The van der Waals surface area contributed by atoms with Crippen LogP contribution in [0.15, 0.2) is 54.6 Å². The molecule has 2 rings (SSSR count). The van der Waals surface area contributed by atoms with Gasteiger partial charge in [0.15, 0.2) is 0 Å². The maximum Gasteiger partial charge on any atom is 0.115 e. The first kappa shape index (κ1) is 12.7. The monoisotopic (exact) mass is 240 g/mol. The fraction of sp³-hybridized carbons (Fsp3) is 0.294. The Morgan fingerprint density at radius 2 is 1.17 bits per heavy atom. The highest BCUT2D eigenvalue weighted by molar-refractivity contribution is 5.25. The van der Waals surface area contributed by atoms with Crippen molar-refractivity contribution in [2.45, 2.75) is 32.1 Å². The second-order valence-corrected chi connectivity index (χ2v) is 4.71. The van der Waals surface area contributed by atoms with Crippen LogP contribution in [0.25, 0.3) is 0 Å². The maximum atomic E-state index is 9.19. The fourth-order valence-corrected chi connectivity index (χ4v) is 2.14. The summed E-state index contributed by atoms with van der Waals surface area (Å²) in [6.45, 7) is 0. The SMILES string of the molecule is Oc1ccc(CCCCCc2ccccc2)cc1. The molecule has 0 amide bonds. The molecule has 1 N–H and O–H groups in total.